The van der Waals surface area contributed by atoms with Crippen LogP contribution in [-0.2, 0) is 9.47 Å². The van der Waals surface area contributed by atoms with E-state index in [1.165, 1.54) is 0 Å². The number of ether oxygens (including phenoxy) is 2. The van der Waals surface area contributed by atoms with E-state index >= 15 is 0 Å². The fourth-order valence-electron chi connectivity index (χ4n) is 3.32. The summed E-state index contributed by atoms with van der Waals surface area (Å²) in [5, 5.41) is 8.14. The molecule has 1 aliphatic carbocycles. The zero-order valence-electron chi connectivity index (χ0n) is 12.6. The lowest BCUT2D eigenvalue weighted by Gasteiger charge is -2.35. The van der Waals surface area contributed by atoms with Crippen LogP contribution in [0.25, 0.3) is 5.69 Å². The van der Waals surface area contributed by atoms with Gasteiger partial charge in [0.2, 0.25) is 0 Å². The van der Waals surface area contributed by atoms with Crippen LogP contribution in [0.1, 0.15) is 25.7 Å². The van der Waals surface area contributed by atoms with Crippen LogP contribution in [0.15, 0.2) is 42.6 Å². The van der Waals surface area contributed by atoms with Crippen molar-refractivity contribution < 1.29 is 9.47 Å². The molecule has 2 fully saturated rings. The number of rotatable bonds is 3. The van der Waals surface area contributed by atoms with E-state index in [1.54, 1.807) is 0 Å². The van der Waals surface area contributed by atoms with Crippen LogP contribution in [0.5, 0.6) is 0 Å². The van der Waals surface area contributed by atoms with E-state index in [1.807, 2.05) is 35.1 Å². The molecule has 4 rings (SSSR count). The SMILES string of the molecule is c1ccc(-n2ccc(NC3CCC4(CC3)OCCO4)n2)cc1. The Labute approximate surface area is 130 Å². The minimum Gasteiger partial charge on any atom is -0.366 e. The first kappa shape index (κ1) is 13.8. The summed E-state index contributed by atoms with van der Waals surface area (Å²) >= 11 is 0. The predicted octanol–water partition coefficient (Wildman–Crippen LogP) is 2.97. The Balaban J connectivity index is 1.37. The highest BCUT2D eigenvalue weighted by Crippen LogP contribution is 2.36. The first-order valence-electron chi connectivity index (χ1n) is 7.99. The second-order valence-corrected chi connectivity index (χ2v) is 6.01. The van der Waals surface area contributed by atoms with Crippen molar-refractivity contribution in [1.29, 1.82) is 0 Å². The van der Waals surface area contributed by atoms with Crippen LogP contribution in [0, 0.1) is 0 Å². The van der Waals surface area contributed by atoms with Crippen LogP contribution in [0.3, 0.4) is 0 Å². The maximum atomic E-state index is 5.77. The second-order valence-electron chi connectivity index (χ2n) is 6.01. The normalized spacial score (nSPS) is 21.3. The summed E-state index contributed by atoms with van der Waals surface area (Å²) < 4.78 is 13.4. The van der Waals surface area contributed by atoms with E-state index in [0.717, 1.165) is 50.4 Å². The van der Waals surface area contributed by atoms with Gasteiger partial charge in [-0.2, -0.15) is 5.10 Å². The third kappa shape index (κ3) is 2.74. The molecular weight excluding hydrogens is 278 g/mol. The van der Waals surface area contributed by atoms with Gasteiger partial charge >= 0.3 is 0 Å². The topological polar surface area (TPSA) is 48.3 Å². The summed E-state index contributed by atoms with van der Waals surface area (Å²) in [5.41, 5.74) is 1.07. The van der Waals surface area contributed by atoms with Gasteiger partial charge in [-0.25, -0.2) is 4.68 Å². The lowest BCUT2D eigenvalue weighted by Crippen LogP contribution is -2.39. The first-order chi connectivity index (χ1) is 10.8. The highest BCUT2D eigenvalue weighted by molar-refractivity contribution is 5.38. The summed E-state index contributed by atoms with van der Waals surface area (Å²) in [5.74, 6) is 0.639. The number of para-hydroxylation sites is 1. The maximum absolute atomic E-state index is 5.77. The van der Waals surface area contributed by atoms with E-state index in [4.69, 9.17) is 9.47 Å². The van der Waals surface area contributed by atoms with Gasteiger partial charge in [0.1, 0.15) is 5.82 Å². The molecule has 0 radical (unpaired) electrons. The summed E-state index contributed by atoms with van der Waals surface area (Å²) in [7, 11) is 0. The smallest absolute Gasteiger partial charge is 0.168 e. The summed E-state index contributed by atoms with van der Waals surface area (Å²) in [6, 6.07) is 12.6. The van der Waals surface area contributed by atoms with E-state index in [0.29, 0.717) is 6.04 Å². The van der Waals surface area contributed by atoms with Gasteiger partial charge in [-0.15, -0.1) is 0 Å². The molecule has 5 nitrogen and oxygen atoms in total. The average molecular weight is 299 g/mol. The van der Waals surface area contributed by atoms with E-state index in [2.05, 4.69) is 22.5 Å². The molecule has 0 atom stereocenters. The van der Waals surface area contributed by atoms with Gasteiger partial charge < -0.3 is 14.8 Å². The number of nitrogens with zero attached hydrogens (tertiary/aromatic N) is 2. The number of benzene rings is 1. The molecule has 1 saturated heterocycles. The molecule has 2 heterocycles. The molecule has 2 aliphatic rings. The Morgan fingerprint density at radius 1 is 1.05 bits per heavy atom. The van der Waals surface area contributed by atoms with Crippen LogP contribution in [0.4, 0.5) is 5.82 Å². The van der Waals surface area contributed by atoms with E-state index in [9.17, 15) is 0 Å². The number of aromatic nitrogens is 2. The molecule has 1 aromatic heterocycles. The number of nitrogens with one attached hydrogen (secondary N) is 1. The Bertz CT molecular complexity index is 610. The standard InChI is InChI=1S/C17H21N3O2/c1-2-4-15(5-3-1)20-11-8-16(19-20)18-14-6-9-17(10-7-14)21-12-13-22-17/h1-5,8,11,14H,6-7,9-10,12-13H2,(H,18,19). The lowest BCUT2D eigenvalue weighted by molar-refractivity contribution is -0.177. The molecule has 0 unspecified atom stereocenters. The number of hydrogen-bond donors (Lipinski definition) is 1. The molecule has 22 heavy (non-hydrogen) atoms. The van der Waals surface area contributed by atoms with Gasteiger partial charge in [-0.05, 0) is 25.0 Å². The number of hydrogen-bond acceptors (Lipinski definition) is 4. The Hall–Kier alpha value is -1.85. The molecule has 1 spiro atoms. The van der Waals surface area contributed by atoms with Crippen LogP contribution < -0.4 is 5.32 Å². The molecule has 1 aliphatic heterocycles. The number of anilines is 1. The molecule has 1 aromatic carbocycles. The maximum Gasteiger partial charge on any atom is 0.168 e. The van der Waals surface area contributed by atoms with Crippen molar-refractivity contribution in [3.63, 3.8) is 0 Å². The molecule has 116 valence electrons. The summed E-state index contributed by atoms with van der Waals surface area (Å²) in [4.78, 5) is 0. The van der Waals surface area contributed by atoms with Gasteiger partial charge in [0.15, 0.2) is 5.79 Å². The van der Waals surface area contributed by atoms with Crippen molar-refractivity contribution >= 4 is 5.82 Å². The van der Waals surface area contributed by atoms with Crippen LogP contribution in [0.2, 0.25) is 0 Å². The van der Waals surface area contributed by atoms with Crippen molar-refractivity contribution in [3.05, 3.63) is 42.6 Å². The van der Waals surface area contributed by atoms with Crippen molar-refractivity contribution in [2.75, 3.05) is 18.5 Å². The van der Waals surface area contributed by atoms with Gasteiger partial charge in [-0.3, -0.25) is 0 Å². The van der Waals surface area contributed by atoms with Crippen molar-refractivity contribution in [1.82, 2.24) is 9.78 Å². The van der Waals surface area contributed by atoms with Crippen molar-refractivity contribution in [2.45, 2.75) is 37.5 Å². The van der Waals surface area contributed by atoms with E-state index < -0.39 is 0 Å². The van der Waals surface area contributed by atoms with Gasteiger partial charge in [-0.1, -0.05) is 18.2 Å². The van der Waals surface area contributed by atoms with Gasteiger partial charge in [0, 0.05) is 31.1 Å². The molecule has 1 saturated carbocycles. The molecule has 0 bridgehead atoms. The van der Waals surface area contributed by atoms with Gasteiger partial charge in [0.25, 0.3) is 0 Å². The lowest BCUT2D eigenvalue weighted by atomic mass is 9.90. The second kappa shape index (κ2) is 5.74. The molecule has 2 aromatic rings. The minimum absolute atomic E-state index is 0.290. The quantitative estimate of drug-likeness (QED) is 0.946. The highest BCUT2D eigenvalue weighted by atomic mass is 16.7. The highest BCUT2D eigenvalue weighted by Gasteiger charge is 2.40. The van der Waals surface area contributed by atoms with Crippen LogP contribution >= 0.6 is 0 Å². The molecular formula is C17H21N3O2. The monoisotopic (exact) mass is 299 g/mol. The zero-order chi connectivity index (χ0) is 14.8. The Morgan fingerprint density at radius 3 is 2.50 bits per heavy atom. The van der Waals surface area contributed by atoms with E-state index in [-0.39, 0.29) is 5.79 Å². The molecule has 5 heteroatoms. The molecule has 1 N–H and O–H groups in total. The van der Waals surface area contributed by atoms with Crippen molar-refractivity contribution in [2.24, 2.45) is 0 Å². The first-order valence-corrected chi connectivity index (χ1v) is 7.99. The largest absolute Gasteiger partial charge is 0.366 e. The minimum atomic E-state index is -0.290. The Kier molecular flexibility index (Phi) is 3.60. The summed E-state index contributed by atoms with van der Waals surface area (Å²) in [6.45, 7) is 1.47. The third-order valence-corrected chi connectivity index (χ3v) is 4.52. The third-order valence-electron chi connectivity index (χ3n) is 4.52. The summed E-state index contributed by atoms with van der Waals surface area (Å²) in [6.07, 6.45) is 6.02. The van der Waals surface area contributed by atoms with Crippen LogP contribution in [-0.4, -0.2) is 34.8 Å². The van der Waals surface area contributed by atoms with Gasteiger partial charge in [0.05, 0.1) is 18.9 Å². The average Bonchev–Trinajstić information content (AvgIpc) is 3.21. The predicted molar refractivity (Wildman–Crippen MR) is 84.1 cm³/mol. The van der Waals surface area contributed by atoms with Crippen molar-refractivity contribution in [3.8, 4) is 5.69 Å². The molecule has 0 amide bonds. The fourth-order valence-corrected chi connectivity index (χ4v) is 3.32. The fraction of sp³-hybridized carbons (Fsp3) is 0.471. The Morgan fingerprint density at radius 2 is 1.77 bits per heavy atom. The zero-order valence-corrected chi connectivity index (χ0v) is 12.6.